The monoisotopic (exact) mass is 484 g/mol. The van der Waals surface area contributed by atoms with Crippen molar-refractivity contribution in [3.8, 4) is 11.5 Å². The molecule has 36 heavy (non-hydrogen) atoms. The molecule has 0 amide bonds. The van der Waals surface area contributed by atoms with Crippen LogP contribution in [-0.4, -0.2) is 18.2 Å². The van der Waals surface area contributed by atoms with Gasteiger partial charge in [-0.1, -0.05) is 42.5 Å². The maximum atomic E-state index is 13.2. The van der Waals surface area contributed by atoms with Gasteiger partial charge in [-0.2, -0.15) is 0 Å². The Hall–Kier alpha value is -3.60. The van der Waals surface area contributed by atoms with Crippen molar-refractivity contribution in [3.05, 3.63) is 94.5 Å². The van der Waals surface area contributed by atoms with Crippen LogP contribution in [0, 0.1) is 0 Å². The Kier molecular flexibility index (Phi) is 7.08. The molecule has 0 radical (unpaired) electrons. The van der Waals surface area contributed by atoms with E-state index in [0.29, 0.717) is 55.1 Å². The first-order valence-electron chi connectivity index (χ1n) is 12.9. The van der Waals surface area contributed by atoms with Gasteiger partial charge in [-0.15, -0.1) is 6.58 Å². The highest BCUT2D eigenvalue weighted by Crippen LogP contribution is 2.49. The molecule has 0 N–H and O–H groups in total. The van der Waals surface area contributed by atoms with Crippen molar-refractivity contribution in [3.63, 3.8) is 0 Å². The summed E-state index contributed by atoms with van der Waals surface area (Å²) in [5.74, 6) is 2.46. The zero-order chi connectivity index (χ0) is 25.1. The molecule has 3 aliphatic rings. The van der Waals surface area contributed by atoms with E-state index in [2.05, 4.69) is 12.6 Å². The minimum Gasteiger partial charge on any atom is -0.490 e. The Morgan fingerprint density at radius 3 is 2.22 bits per heavy atom. The lowest BCUT2D eigenvalue weighted by Gasteiger charge is -2.36. The maximum Gasteiger partial charge on any atom is 0.165 e. The Labute approximate surface area is 212 Å². The van der Waals surface area contributed by atoms with Crippen LogP contribution in [0.25, 0.3) is 0 Å². The van der Waals surface area contributed by atoms with Crippen LogP contribution in [0.4, 0.5) is 0 Å². The number of hydrogen-bond acceptors (Lipinski definition) is 5. The van der Waals surface area contributed by atoms with Crippen LogP contribution in [0.5, 0.6) is 11.5 Å². The Morgan fingerprint density at radius 1 is 0.944 bits per heavy atom. The normalized spacial score (nSPS) is 17.9. The van der Waals surface area contributed by atoms with E-state index >= 15 is 0 Å². The third kappa shape index (κ3) is 4.62. The molecule has 0 aromatic heterocycles. The van der Waals surface area contributed by atoms with E-state index in [1.54, 1.807) is 0 Å². The smallest absolute Gasteiger partial charge is 0.165 e. The largest absolute Gasteiger partial charge is 0.490 e. The zero-order valence-corrected chi connectivity index (χ0v) is 20.8. The van der Waals surface area contributed by atoms with Crippen molar-refractivity contribution < 1.29 is 23.8 Å². The van der Waals surface area contributed by atoms with Gasteiger partial charge in [0.15, 0.2) is 23.1 Å². The highest BCUT2D eigenvalue weighted by atomic mass is 16.5. The first-order valence-corrected chi connectivity index (χ1v) is 12.9. The number of allylic oxidation sites excluding steroid dienone is 5. The molecule has 5 nitrogen and oxygen atoms in total. The van der Waals surface area contributed by atoms with Gasteiger partial charge >= 0.3 is 0 Å². The molecule has 5 rings (SSSR count). The molecule has 0 saturated heterocycles. The molecule has 0 spiro atoms. The van der Waals surface area contributed by atoms with Crippen molar-refractivity contribution in [2.24, 2.45) is 0 Å². The number of ether oxygens (including phenoxy) is 3. The lowest BCUT2D eigenvalue weighted by atomic mass is 9.73. The molecule has 0 atom stereocenters. The van der Waals surface area contributed by atoms with Gasteiger partial charge in [-0.05, 0) is 43.4 Å². The third-order valence-electron chi connectivity index (χ3n) is 7.02. The number of carbonyl (C=O) groups is 2. The van der Waals surface area contributed by atoms with Gasteiger partial charge in [0.2, 0.25) is 0 Å². The molecule has 2 aromatic rings. The van der Waals surface area contributed by atoms with Crippen molar-refractivity contribution in [2.45, 2.75) is 64.4 Å². The number of hydrogen-bond donors (Lipinski definition) is 0. The van der Waals surface area contributed by atoms with Gasteiger partial charge in [0.25, 0.3) is 0 Å². The van der Waals surface area contributed by atoms with Crippen LogP contribution in [0.2, 0.25) is 0 Å². The van der Waals surface area contributed by atoms with Crippen molar-refractivity contribution >= 4 is 11.6 Å². The predicted octanol–water partition coefficient (Wildman–Crippen LogP) is 6.52. The second-order valence-electron chi connectivity index (χ2n) is 9.47. The summed E-state index contributed by atoms with van der Waals surface area (Å²) >= 11 is 0. The lowest BCUT2D eigenvalue weighted by Crippen LogP contribution is -2.30. The molecule has 1 aliphatic heterocycles. The molecule has 2 aliphatic carbocycles. The molecule has 2 aromatic carbocycles. The summed E-state index contributed by atoms with van der Waals surface area (Å²) in [7, 11) is 0. The fourth-order valence-electron chi connectivity index (χ4n) is 5.46. The van der Waals surface area contributed by atoms with Crippen molar-refractivity contribution in [1.29, 1.82) is 0 Å². The van der Waals surface area contributed by atoms with Gasteiger partial charge in [-0.3, -0.25) is 9.59 Å². The summed E-state index contributed by atoms with van der Waals surface area (Å²) < 4.78 is 18.6. The summed E-state index contributed by atoms with van der Waals surface area (Å²) in [6.07, 6.45) is 6.36. The standard InChI is InChI=1S/C31H32O5/c1-3-10-21-17-22(18-27(34-4-2)31(21)35-19-20-11-6-5-7-12-20)28-29-23(32)13-8-15-25(29)36-26-16-9-14-24(33)30(26)28/h3,5-7,11-12,17-18,28H,1,4,8-10,13-16,19H2,2H3. The first-order chi connectivity index (χ1) is 17.6. The highest BCUT2D eigenvalue weighted by molar-refractivity contribution is 6.05. The van der Waals surface area contributed by atoms with E-state index in [0.717, 1.165) is 53.9 Å². The van der Waals surface area contributed by atoms with Crippen LogP contribution in [0.15, 0.2) is 77.8 Å². The van der Waals surface area contributed by atoms with Gasteiger partial charge in [0.05, 0.1) is 6.61 Å². The minimum atomic E-state index is -0.435. The zero-order valence-electron chi connectivity index (χ0n) is 20.8. The van der Waals surface area contributed by atoms with Gasteiger partial charge in [-0.25, -0.2) is 0 Å². The summed E-state index contributed by atoms with van der Waals surface area (Å²) in [5.41, 5.74) is 4.13. The molecule has 5 heteroatoms. The number of carbonyl (C=O) groups excluding carboxylic acids is 2. The summed E-state index contributed by atoms with van der Waals surface area (Å²) in [5, 5.41) is 0. The lowest BCUT2D eigenvalue weighted by molar-refractivity contribution is -0.117. The molecule has 1 heterocycles. The van der Waals surface area contributed by atoms with Crippen LogP contribution in [0.1, 0.15) is 68.1 Å². The van der Waals surface area contributed by atoms with Crippen molar-refractivity contribution in [2.75, 3.05) is 6.61 Å². The van der Waals surface area contributed by atoms with Gasteiger partial charge < -0.3 is 14.2 Å². The van der Waals surface area contributed by atoms with Crippen LogP contribution < -0.4 is 9.47 Å². The topological polar surface area (TPSA) is 61.8 Å². The van der Waals surface area contributed by atoms with E-state index in [1.807, 2.05) is 49.4 Å². The fraction of sp³-hybridized carbons (Fsp3) is 0.355. The molecular formula is C31H32O5. The number of benzene rings is 2. The molecule has 0 fully saturated rings. The van der Waals surface area contributed by atoms with Crippen LogP contribution in [0.3, 0.4) is 0 Å². The Morgan fingerprint density at radius 2 is 1.61 bits per heavy atom. The molecule has 0 bridgehead atoms. The van der Waals surface area contributed by atoms with E-state index in [-0.39, 0.29) is 11.6 Å². The molecule has 0 saturated carbocycles. The Balaban J connectivity index is 1.63. The Bertz CT molecular complexity index is 1210. The average molecular weight is 485 g/mol. The van der Waals surface area contributed by atoms with E-state index in [9.17, 15) is 9.59 Å². The second-order valence-corrected chi connectivity index (χ2v) is 9.47. The first kappa shape index (κ1) is 24.1. The summed E-state index contributed by atoms with van der Waals surface area (Å²) in [6, 6.07) is 14.0. The van der Waals surface area contributed by atoms with Crippen LogP contribution in [-0.2, 0) is 27.4 Å². The number of Topliss-reactive ketones (excluding diaryl/α,β-unsaturated/α-hetero) is 2. The average Bonchev–Trinajstić information content (AvgIpc) is 2.88. The quantitative estimate of drug-likeness (QED) is 0.399. The van der Waals surface area contributed by atoms with Crippen molar-refractivity contribution in [1.82, 2.24) is 0 Å². The minimum absolute atomic E-state index is 0.0683. The van der Waals surface area contributed by atoms with Gasteiger partial charge in [0, 0.05) is 48.3 Å². The summed E-state index contributed by atoms with van der Waals surface area (Å²) in [4.78, 5) is 26.4. The second kappa shape index (κ2) is 10.6. The third-order valence-corrected chi connectivity index (χ3v) is 7.02. The summed E-state index contributed by atoms with van der Waals surface area (Å²) in [6.45, 7) is 6.75. The highest BCUT2D eigenvalue weighted by Gasteiger charge is 2.42. The van der Waals surface area contributed by atoms with Crippen LogP contribution >= 0.6 is 0 Å². The SMILES string of the molecule is C=CCc1cc(C2C3=C(CCCC3=O)OC3=C2C(=O)CCC3)cc(OCC)c1OCc1ccccc1. The predicted molar refractivity (Wildman–Crippen MR) is 138 cm³/mol. The number of rotatable bonds is 8. The molecule has 0 unspecified atom stereocenters. The van der Waals surface area contributed by atoms with E-state index in [4.69, 9.17) is 14.2 Å². The molecule has 186 valence electrons. The van der Waals surface area contributed by atoms with E-state index in [1.165, 1.54) is 0 Å². The van der Waals surface area contributed by atoms with E-state index < -0.39 is 5.92 Å². The maximum absolute atomic E-state index is 13.2. The molecular weight excluding hydrogens is 452 g/mol. The number of ketones is 2. The van der Waals surface area contributed by atoms with Gasteiger partial charge in [0.1, 0.15) is 18.1 Å². The fourth-order valence-corrected chi connectivity index (χ4v) is 5.46.